The molecule has 0 amide bonds. The lowest BCUT2D eigenvalue weighted by Gasteiger charge is -2.15. The Bertz CT molecular complexity index is 945. The smallest absolute Gasteiger partial charge is 0.191 e. The molecule has 6 heteroatoms. The van der Waals surface area contributed by atoms with E-state index in [-0.39, 0.29) is 5.82 Å². The molecule has 0 spiro atoms. The number of aryl methyl sites for hydroxylation is 2. The number of para-hydroxylation sites is 1. The van der Waals surface area contributed by atoms with Gasteiger partial charge in [-0.2, -0.15) is 5.10 Å². The maximum absolute atomic E-state index is 13.8. The van der Waals surface area contributed by atoms with Crippen LogP contribution in [0.1, 0.15) is 22.5 Å². The zero-order valence-electron chi connectivity index (χ0n) is 15.8. The molecule has 5 nitrogen and oxygen atoms in total. The Morgan fingerprint density at radius 1 is 1.00 bits per heavy atom. The molecule has 3 aromatic rings. The van der Waals surface area contributed by atoms with E-state index < -0.39 is 0 Å². The van der Waals surface area contributed by atoms with E-state index in [1.165, 1.54) is 6.07 Å². The van der Waals surface area contributed by atoms with Crippen LogP contribution in [0.3, 0.4) is 0 Å². The van der Waals surface area contributed by atoms with Crippen molar-refractivity contribution in [2.45, 2.75) is 26.9 Å². The average Bonchev–Trinajstić information content (AvgIpc) is 3.01. The molecular weight excluding hydrogens is 341 g/mol. The molecule has 0 aliphatic heterocycles. The second-order valence-electron chi connectivity index (χ2n) is 6.34. The van der Waals surface area contributed by atoms with Crippen molar-refractivity contribution >= 4 is 5.96 Å². The van der Waals surface area contributed by atoms with Crippen molar-refractivity contribution in [1.29, 1.82) is 0 Å². The summed E-state index contributed by atoms with van der Waals surface area (Å²) in [5.41, 5.74) is 4.79. The van der Waals surface area contributed by atoms with Crippen LogP contribution >= 0.6 is 0 Å². The fourth-order valence-corrected chi connectivity index (χ4v) is 2.96. The molecule has 1 aromatic heterocycles. The number of guanidine groups is 1. The van der Waals surface area contributed by atoms with Gasteiger partial charge < -0.3 is 10.6 Å². The molecule has 3 rings (SSSR count). The number of nitrogens with one attached hydrogen (secondary N) is 2. The van der Waals surface area contributed by atoms with Gasteiger partial charge in [0, 0.05) is 31.4 Å². The quantitative estimate of drug-likeness (QED) is 0.538. The Morgan fingerprint density at radius 2 is 1.63 bits per heavy atom. The second-order valence-corrected chi connectivity index (χ2v) is 6.34. The summed E-state index contributed by atoms with van der Waals surface area (Å²) in [6.45, 7) is 4.97. The number of benzene rings is 2. The molecule has 0 unspecified atom stereocenters. The topological polar surface area (TPSA) is 54.2 Å². The largest absolute Gasteiger partial charge is 0.352 e. The zero-order chi connectivity index (χ0) is 19.2. The van der Waals surface area contributed by atoms with E-state index in [1.54, 1.807) is 19.2 Å². The third-order valence-electron chi connectivity index (χ3n) is 4.30. The Kier molecular flexibility index (Phi) is 5.86. The van der Waals surface area contributed by atoms with E-state index >= 15 is 0 Å². The molecule has 140 valence electrons. The van der Waals surface area contributed by atoms with Crippen LogP contribution in [0.2, 0.25) is 0 Å². The summed E-state index contributed by atoms with van der Waals surface area (Å²) < 4.78 is 15.7. The molecule has 1 heterocycles. The van der Waals surface area contributed by atoms with E-state index in [4.69, 9.17) is 0 Å². The summed E-state index contributed by atoms with van der Waals surface area (Å²) >= 11 is 0. The molecule has 27 heavy (non-hydrogen) atoms. The van der Waals surface area contributed by atoms with Crippen LogP contribution in [0, 0.1) is 19.7 Å². The minimum Gasteiger partial charge on any atom is -0.352 e. The van der Waals surface area contributed by atoms with Gasteiger partial charge in [-0.3, -0.25) is 4.99 Å². The summed E-state index contributed by atoms with van der Waals surface area (Å²) in [5.74, 6) is 0.386. The summed E-state index contributed by atoms with van der Waals surface area (Å²) in [5, 5.41) is 11.0. The van der Waals surface area contributed by atoms with Crippen molar-refractivity contribution in [3.8, 4) is 5.69 Å². The molecule has 0 bridgehead atoms. The number of halogens is 1. The lowest BCUT2D eigenvalue weighted by molar-refractivity contribution is 0.604. The number of aliphatic imine (C=N–C) groups is 1. The number of hydrogen-bond acceptors (Lipinski definition) is 2. The highest BCUT2D eigenvalue weighted by Gasteiger charge is 2.09. The monoisotopic (exact) mass is 365 g/mol. The molecule has 2 aromatic carbocycles. The van der Waals surface area contributed by atoms with Gasteiger partial charge in [0.1, 0.15) is 5.82 Å². The predicted octanol–water partition coefficient (Wildman–Crippen LogP) is 3.49. The fraction of sp³-hybridized carbons (Fsp3) is 0.238. The number of hydrogen-bond donors (Lipinski definition) is 2. The van der Waals surface area contributed by atoms with E-state index in [2.05, 4.69) is 32.9 Å². The van der Waals surface area contributed by atoms with Gasteiger partial charge in [-0.15, -0.1) is 0 Å². The maximum Gasteiger partial charge on any atom is 0.191 e. The number of rotatable bonds is 5. The van der Waals surface area contributed by atoms with Gasteiger partial charge in [0.05, 0.1) is 11.4 Å². The van der Waals surface area contributed by atoms with Gasteiger partial charge in [-0.1, -0.05) is 36.4 Å². The molecule has 0 aliphatic rings. The molecule has 0 fully saturated rings. The van der Waals surface area contributed by atoms with Crippen LogP contribution in [-0.4, -0.2) is 22.8 Å². The molecule has 0 aliphatic carbocycles. The van der Waals surface area contributed by atoms with Gasteiger partial charge >= 0.3 is 0 Å². The molecule has 0 radical (unpaired) electrons. The molecule has 2 N–H and O–H groups in total. The normalized spacial score (nSPS) is 11.5. The Morgan fingerprint density at radius 3 is 2.26 bits per heavy atom. The SMILES string of the molecule is CN=C(NCc1ccccc1F)NCc1ccccc1-n1nc(C)cc1C. The van der Waals surface area contributed by atoms with Crippen LogP contribution in [0.15, 0.2) is 59.6 Å². The zero-order valence-corrected chi connectivity index (χ0v) is 15.8. The summed E-state index contributed by atoms with van der Waals surface area (Å²) in [6, 6.07) is 16.9. The minimum absolute atomic E-state index is 0.227. The highest BCUT2D eigenvalue weighted by atomic mass is 19.1. The first-order valence-corrected chi connectivity index (χ1v) is 8.88. The standard InChI is InChI=1S/C21H24FN5/c1-15-12-16(2)27(26-15)20-11-7-5-9-18(20)14-25-21(23-3)24-13-17-8-4-6-10-19(17)22/h4-12H,13-14H2,1-3H3,(H2,23,24,25). The van der Waals surface area contributed by atoms with E-state index in [0.29, 0.717) is 24.6 Å². The first-order valence-electron chi connectivity index (χ1n) is 8.88. The molecular formula is C21H24FN5. The van der Waals surface area contributed by atoms with Gasteiger partial charge in [0.25, 0.3) is 0 Å². The predicted molar refractivity (Wildman–Crippen MR) is 106 cm³/mol. The first-order chi connectivity index (χ1) is 13.1. The number of aromatic nitrogens is 2. The summed E-state index contributed by atoms with van der Waals surface area (Å²) in [4.78, 5) is 4.22. The third-order valence-corrected chi connectivity index (χ3v) is 4.30. The summed E-state index contributed by atoms with van der Waals surface area (Å²) in [7, 11) is 1.70. The van der Waals surface area contributed by atoms with Gasteiger partial charge in [0.2, 0.25) is 0 Å². The lowest BCUT2D eigenvalue weighted by atomic mass is 10.1. The Hall–Kier alpha value is -3.15. The van der Waals surface area contributed by atoms with Gasteiger partial charge in [0.15, 0.2) is 5.96 Å². The maximum atomic E-state index is 13.8. The first kappa shape index (κ1) is 18.6. The van der Waals surface area contributed by atoms with Crippen molar-refractivity contribution in [3.05, 3.63) is 82.9 Å². The third kappa shape index (κ3) is 4.53. The lowest BCUT2D eigenvalue weighted by Crippen LogP contribution is -2.36. The van der Waals surface area contributed by atoms with Crippen molar-refractivity contribution < 1.29 is 4.39 Å². The van der Waals surface area contributed by atoms with Crippen molar-refractivity contribution in [2.75, 3.05) is 7.05 Å². The fourth-order valence-electron chi connectivity index (χ4n) is 2.96. The van der Waals surface area contributed by atoms with Crippen LogP contribution < -0.4 is 10.6 Å². The van der Waals surface area contributed by atoms with Gasteiger partial charge in [-0.25, -0.2) is 9.07 Å². The Labute approximate surface area is 159 Å². The molecule has 0 atom stereocenters. The summed E-state index contributed by atoms with van der Waals surface area (Å²) in [6.07, 6.45) is 0. The van der Waals surface area contributed by atoms with Gasteiger partial charge in [-0.05, 0) is 37.6 Å². The van der Waals surface area contributed by atoms with Crippen LogP contribution in [-0.2, 0) is 13.1 Å². The van der Waals surface area contributed by atoms with Crippen molar-refractivity contribution in [1.82, 2.24) is 20.4 Å². The highest BCUT2D eigenvalue weighted by Crippen LogP contribution is 2.16. The van der Waals surface area contributed by atoms with E-state index in [9.17, 15) is 4.39 Å². The Balaban J connectivity index is 1.69. The van der Waals surface area contributed by atoms with Crippen molar-refractivity contribution in [3.63, 3.8) is 0 Å². The average molecular weight is 365 g/mol. The highest BCUT2D eigenvalue weighted by molar-refractivity contribution is 5.79. The van der Waals surface area contributed by atoms with E-state index in [0.717, 1.165) is 22.6 Å². The molecule has 0 saturated carbocycles. The number of nitrogens with zero attached hydrogens (tertiary/aromatic N) is 3. The molecule has 0 saturated heterocycles. The van der Waals surface area contributed by atoms with Crippen LogP contribution in [0.25, 0.3) is 5.69 Å². The van der Waals surface area contributed by atoms with Crippen LogP contribution in [0.5, 0.6) is 0 Å². The van der Waals surface area contributed by atoms with E-state index in [1.807, 2.05) is 42.8 Å². The van der Waals surface area contributed by atoms with Crippen molar-refractivity contribution in [2.24, 2.45) is 4.99 Å². The second kappa shape index (κ2) is 8.49. The van der Waals surface area contributed by atoms with Crippen LogP contribution in [0.4, 0.5) is 4.39 Å². The minimum atomic E-state index is -0.227.